The second kappa shape index (κ2) is 1.73. The zero-order chi connectivity index (χ0) is 5.40. The van der Waals surface area contributed by atoms with E-state index in [1.54, 1.807) is 15.6 Å². The fourth-order valence-corrected chi connectivity index (χ4v) is 3.61. The zero-order valence-corrected chi connectivity index (χ0v) is 6.66. The number of fused-ring (bicyclic) bond motifs is 1. The summed E-state index contributed by atoms with van der Waals surface area (Å²) in [6.45, 7) is 0. The quantitative estimate of drug-likeness (QED) is 0.553. The van der Waals surface area contributed by atoms with Crippen LogP contribution in [0.3, 0.4) is 0 Å². The van der Waals surface area contributed by atoms with Gasteiger partial charge in [-0.2, -0.15) is 0 Å². The van der Waals surface area contributed by atoms with E-state index in [1.807, 2.05) is 0 Å². The third kappa shape index (κ3) is 0.575. The minimum atomic E-state index is 0.662. The van der Waals surface area contributed by atoms with Crippen LogP contribution in [0.5, 0.6) is 0 Å². The summed E-state index contributed by atoms with van der Waals surface area (Å²) in [6.07, 6.45) is 0. The Balaban J connectivity index is 3.06. The second-order valence-corrected chi connectivity index (χ2v) is 4.34. The second-order valence-electron chi connectivity index (χ2n) is 1.61. The van der Waals surface area contributed by atoms with Crippen LogP contribution in [0, 0.1) is 0 Å². The molecular weight excluding hydrogens is 183 g/mol. The first-order chi connectivity index (χ1) is 3.97. The molecule has 0 amide bonds. The van der Waals surface area contributed by atoms with Crippen molar-refractivity contribution in [3.05, 3.63) is 21.8 Å². The number of thiophene rings is 1. The van der Waals surface area contributed by atoms with Crippen LogP contribution in [0.15, 0.2) is 21.8 Å². The Labute approximate surface area is 57.5 Å². The van der Waals surface area contributed by atoms with Crippen LogP contribution >= 0.6 is 11.3 Å². The minimum absolute atomic E-state index is 0.662. The molecule has 40 valence electrons. The Morgan fingerprint density at radius 3 is 3.25 bits per heavy atom. The van der Waals surface area contributed by atoms with Gasteiger partial charge in [-0.3, -0.25) is 0 Å². The molecule has 0 aliphatic rings. The number of hydrogen-bond acceptors (Lipinski definition) is 1. The van der Waals surface area contributed by atoms with Gasteiger partial charge < -0.3 is 0 Å². The van der Waals surface area contributed by atoms with Crippen molar-refractivity contribution in [3.63, 3.8) is 0 Å². The molecule has 0 bridgehead atoms. The van der Waals surface area contributed by atoms with E-state index < -0.39 is 0 Å². The van der Waals surface area contributed by atoms with E-state index in [0.29, 0.717) is 14.5 Å². The van der Waals surface area contributed by atoms with Crippen molar-refractivity contribution < 1.29 is 0 Å². The van der Waals surface area contributed by atoms with Crippen molar-refractivity contribution in [2.75, 3.05) is 0 Å². The van der Waals surface area contributed by atoms with Crippen molar-refractivity contribution in [1.29, 1.82) is 0 Å². The molecule has 0 aliphatic heterocycles. The van der Waals surface area contributed by atoms with Crippen molar-refractivity contribution in [3.8, 4) is 0 Å². The van der Waals surface area contributed by atoms with Crippen LogP contribution in [0.2, 0.25) is 0 Å². The molecule has 0 radical (unpaired) electrons. The monoisotopic (exact) mass is 188 g/mol. The normalized spacial score (nSPS) is 10.5. The van der Waals surface area contributed by atoms with Gasteiger partial charge in [0.05, 0.1) is 0 Å². The topological polar surface area (TPSA) is 0 Å². The molecule has 2 heterocycles. The van der Waals surface area contributed by atoms with E-state index in [-0.39, 0.29) is 0 Å². The number of hydrogen-bond donors (Lipinski definition) is 0. The van der Waals surface area contributed by atoms with Crippen LogP contribution < -0.4 is 0 Å². The van der Waals surface area contributed by atoms with E-state index in [9.17, 15) is 0 Å². The molecule has 0 saturated heterocycles. The van der Waals surface area contributed by atoms with E-state index in [2.05, 4.69) is 21.8 Å². The van der Waals surface area contributed by atoms with Crippen molar-refractivity contribution in [1.82, 2.24) is 0 Å². The maximum atomic E-state index is 2.27. The van der Waals surface area contributed by atoms with Gasteiger partial charge in [-0.1, -0.05) is 0 Å². The summed E-state index contributed by atoms with van der Waals surface area (Å²) in [5.74, 6) is 0. The summed E-state index contributed by atoms with van der Waals surface area (Å²) in [4.78, 5) is 2.27. The van der Waals surface area contributed by atoms with Gasteiger partial charge in [0, 0.05) is 0 Å². The van der Waals surface area contributed by atoms with Gasteiger partial charge in [-0.15, -0.1) is 0 Å². The fourth-order valence-electron chi connectivity index (χ4n) is 0.693. The Bertz CT molecular complexity index is 230. The van der Waals surface area contributed by atoms with Crippen molar-refractivity contribution >= 4 is 35.5 Å². The zero-order valence-electron chi connectivity index (χ0n) is 4.13. The van der Waals surface area contributed by atoms with Crippen LogP contribution in [0.25, 0.3) is 9.65 Å². The molecule has 0 saturated carbocycles. The molecule has 0 unspecified atom stereocenters. The molecule has 2 aromatic rings. The van der Waals surface area contributed by atoms with Gasteiger partial charge in [0.25, 0.3) is 0 Å². The first-order valence-electron chi connectivity index (χ1n) is 2.36. The van der Waals surface area contributed by atoms with Gasteiger partial charge in [-0.05, 0) is 0 Å². The molecule has 0 atom stereocenters. The Hall–Kier alpha value is -0.0405. The molecule has 8 heavy (non-hydrogen) atoms. The average molecular weight is 187 g/mol. The summed E-state index contributed by atoms with van der Waals surface area (Å²) in [5, 5.41) is 5.91. The third-order valence-corrected chi connectivity index (χ3v) is 4.04. The standard InChI is InChI=1S/C6H4SSe/c1-2-8-6-4-7-3-5(1)6/h1-4H. The first kappa shape index (κ1) is 4.80. The van der Waals surface area contributed by atoms with E-state index in [1.165, 1.54) is 5.39 Å². The Kier molecular flexibility index (Phi) is 1.04. The summed E-state index contributed by atoms with van der Waals surface area (Å²) >= 11 is 2.47. The predicted octanol–water partition coefficient (Wildman–Crippen LogP) is 1.96. The predicted molar refractivity (Wildman–Crippen MR) is 38.8 cm³/mol. The van der Waals surface area contributed by atoms with Gasteiger partial charge in [0.1, 0.15) is 0 Å². The average Bonchev–Trinajstić information content (AvgIpc) is 2.15. The molecule has 0 aromatic carbocycles. The molecule has 0 spiro atoms. The third-order valence-electron chi connectivity index (χ3n) is 1.10. The van der Waals surface area contributed by atoms with E-state index in [4.69, 9.17) is 0 Å². The van der Waals surface area contributed by atoms with Crippen LogP contribution in [0.1, 0.15) is 0 Å². The molecule has 2 aromatic heterocycles. The van der Waals surface area contributed by atoms with Crippen LogP contribution in [0.4, 0.5) is 0 Å². The fraction of sp³-hybridized carbons (Fsp3) is 0. The van der Waals surface area contributed by atoms with E-state index >= 15 is 0 Å². The molecule has 0 N–H and O–H groups in total. The van der Waals surface area contributed by atoms with Crippen molar-refractivity contribution in [2.24, 2.45) is 0 Å². The summed E-state index contributed by atoms with van der Waals surface area (Å²) in [6, 6.07) is 2.21. The van der Waals surface area contributed by atoms with Crippen molar-refractivity contribution in [2.45, 2.75) is 0 Å². The van der Waals surface area contributed by atoms with Crippen LogP contribution in [-0.4, -0.2) is 14.5 Å². The van der Waals surface area contributed by atoms with Gasteiger partial charge >= 0.3 is 57.3 Å². The first-order valence-corrected chi connectivity index (χ1v) is 5.15. The van der Waals surface area contributed by atoms with Gasteiger partial charge in [0.15, 0.2) is 0 Å². The summed E-state index contributed by atoms with van der Waals surface area (Å²) in [7, 11) is 0. The summed E-state index contributed by atoms with van der Waals surface area (Å²) < 4.78 is 1.56. The number of rotatable bonds is 0. The van der Waals surface area contributed by atoms with E-state index in [0.717, 1.165) is 0 Å². The SMILES string of the molecule is c1cc2cscc2[se]1. The molecule has 0 aliphatic carbocycles. The Morgan fingerprint density at radius 2 is 2.38 bits per heavy atom. The molecule has 0 fully saturated rings. The summed E-state index contributed by atoms with van der Waals surface area (Å²) in [5.41, 5.74) is 0. The van der Waals surface area contributed by atoms with Crippen LogP contribution in [-0.2, 0) is 0 Å². The molecular formula is C6H4SSe. The van der Waals surface area contributed by atoms with Gasteiger partial charge in [0.2, 0.25) is 0 Å². The Morgan fingerprint density at radius 1 is 1.38 bits per heavy atom. The maximum absolute atomic E-state index is 2.27. The molecule has 0 nitrogen and oxygen atoms in total. The molecule has 2 rings (SSSR count). The molecule has 2 heteroatoms. The van der Waals surface area contributed by atoms with Gasteiger partial charge in [-0.25, -0.2) is 0 Å².